The van der Waals surface area contributed by atoms with E-state index in [-0.39, 0.29) is 24.0 Å². The summed E-state index contributed by atoms with van der Waals surface area (Å²) in [6.45, 7) is 2.69. The third-order valence-corrected chi connectivity index (χ3v) is 4.17. The highest BCUT2D eigenvalue weighted by Gasteiger charge is 2.01. The number of rotatable bonds is 7. The molecule has 0 amide bonds. The van der Waals surface area contributed by atoms with Crippen LogP contribution in [0.3, 0.4) is 0 Å². The van der Waals surface area contributed by atoms with E-state index < -0.39 is 0 Å². The van der Waals surface area contributed by atoms with Crippen molar-refractivity contribution in [3.8, 4) is 0 Å². The highest BCUT2D eigenvalue weighted by Crippen LogP contribution is 2.15. The van der Waals surface area contributed by atoms with Gasteiger partial charge in [-0.05, 0) is 36.1 Å². The molecule has 0 aliphatic carbocycles. The average Bonchev–Trinajstić information content (AvgIpc) is 3.08. The number of nitrogens with zero attached hydrogens (tertiary/aromatic N) is 3. The second-order valence-corrected chi connectivity index (χ2v) is 5.92. The van der Waals surface area contributed by atoms with E-state index in [0.29, 0.717) is 0 Å². The molecule has 0 saturated heterocycles. The van der Waals surface area contributed by atoms with Gasteiger partial charge in [-0.25, -0.2) is 0 Å². The van der Waals surface area contributed by atoms with Gasteiger partial charge in [0.15, 0.2) is 5.96 Å². The molecule has 0 spiro atoms. The van der Waals surface area contributed by atoms with Crippen molar-refractivity contribution in [2.75, 3.05) is 20.1 Å². The van der Waals surface area contributed by atoms with Gasteiger partial charge in [-0.3, -0.25) is 9.98 Å². The van der Waals surface area contributed by atoms with Crippen LogP contribution in [0.15, 0.2) is 65.9 Å². The summed E-state index contributed by atoms with van der Waals surface area (Å²) in [7, 11) is 1.80. The number of guanidine groups is 1. The summed E-state index contributed by atoms with van der Waals surface area (Å²) in [5.74, 6) is 0.841. The second kappa shape index (κ2) is 10.8. The number of pyridine rings is 1. The summed E-state index contributed by atoms with van der Waals surface area (Å²) in [4.78, 5) is 8.60. The lowest BCUT2D eigenvalue weighted by atomic mass is 10.2. The Kier molecular flexibility index (Phi) is 8.40. The first-order chi connectivity index (χ1) is 12.4. The molecule has 1 aromatic carbocycles. The van der Waals surface area contributed by atoms with E-state index in [1.807, 2.05) is 24.4 Å². The predicted molar refractivity (Wildman–Crippen MR) is 119 cm³/mol. The highest BCUT2D eigenvalue weighted by atomic mass is 127. The van der Waals surface area contributed by atoms with E-state index in [1.165, 1.54) is 10.9 Å². The topological polar surface area (TPSA) is 54.2 Å². The molecule has 0 atom stereocenters. The zero-order valence-corrected chi connectivity index (χ0v) is 17.4. The van der Waals surface area contributed by atoms with Crippen LogP contribution in [0.25, 0.3) is 10.9 Å². The van der Waals surface area contributed by atoms with Crippen LogP contribution in [-0.4, -0.2) is 35.6 Å². The molecule has 0 unspecified atom stereocenters. The predicted octanol–water partition coefficient (Wildman–Crippen LogP) is 3.45. The zero-order valence-electron chi connectivity index (χ0n) is 15.1. The van der Waals surface area contributed by atoms with Crippen molar-refractivity contribution in [2.45, 2.75) is 19.4 Å². The first-order valence-corrected chi connectivity index (χ1v) is 8.75. The Morgan fingerprint density at radius 2 is 1.85 bits per heavy atom. The van der Waals surface area contributed by atoms with Crippen LogP contribution in [0.5, 0.6) is 0 Å². The van der Waals surface area contributed by atoms with Gasteiger partial charge in [-0.2, -0.15) is 0 Å². The van der Waals surface area contributed by atoms with Gasteiger partial charge >= 0.3 is 0 Å². The number of fused-ring (bicyclic) bond motifs is 1. The smallest absolute Gasteiger partial charge is 0.190 e. The number of hydrogen-bond donors (Lipinski definition) is 2. The standard InChI is InChI=1S/C20H25N5.HI/c1-21-20(24-14-10-18-8-4-5-12-22-18)23-13-6-15-25-16-11-17-7-2-3-9-19(17)25;/h2-5,7-9,11-12,16H,6,10,13-15H2,1H3,(H2,21,23,24);1H. The molecule has 0 aliphatic rings. The van der Waals surface area contributed by atoms with Crippen molar-refractivity contribution in [1.29, 1.82) is 0 Å². The number of halogens is 1. The summed E-state index contributed by atoms with van der Waals surface area (Å²) in [5, 5.41) is 8.00. The summed E-state index contributed by atoms with van der Waals surface area (Å²) < 4.78 is 2.30. The number of aliphatic imine (C=N–C) groups is 1. The van der Waals surface area contributed by atoms with Gasteiger partial charge < -0.3 is 15.2 Å². The number of aryl methyl sites for hydroxylation is 1. The van der Waals surface area contributed by atoms with Gasteiger partial charge in [0.05, 0.1) is 0 Å². The number of nitrogens with one attached hydrogen (secondary N) is 2. The molecule has 5 nitrogen and oxygen atoms in total. The van der Waals surface area contributed by atoms with Crippen LogP contribution >= 0.6 is 24.0 Å². The third-order valence-electron chi connectivity index (χ3n) is 4.17. The molecule has 2 N–H and O–H groups in total. The zero-order chi connectivity index (χ0) is 17.3. The Morgan fingerprint density at radius 3 is 2.65 bits per heavy atom. The molecular formula is C20H26IN5. The Balaban J connectivity index is 0.00000243. The molecule has 6 heteroatoms. The average molecular weight is 463 g/mol. The van der Waals surface area contributed by atoms with Crippen LogP contribution in [0.4, 0.5) is 0 Å². The van der Waals surface area contributed by atoms with E-state index >= 15 is 0 Å². The summed E-state index contributed by atoms with van der Waals surface area (Å²) in [6.07, 6.45) is 5.91. The molecule has 2 heterocycles. The summed E-state index contributed by atoms with van der Waals surface area (Å²) >= 11 is 0. The van der Waals surface area contributed by atoms with Crippen molar-refractivity contribution in [1.82, 2.24) is 20.2 Å². The lowest BCUT2D eigenvalue weighted by Gasteiger charge is -2.12. The molecule has 0 radical (unpaired) electrons. The van der Waals surface area contributed by atoms with Gasteiger partial charge in [-0.15, -0.1) is 24.0 Å². The van der Waals surface area contributed by atoms with Crippen molar-refractivity contribution < 1.29 is 0 Å². The fourth-order valence-corrected chi connectivity index (χ4v) is 2.87. The molecule has 0 aliphatic heterocycles. The SMILES string of the molecule is CN=C(NCCCn1ccc2ccccc21)NCCc1ccccn1.I. The monoisotopic (exact) mass is 463 g/mol. The quantitative estimate of drug-likeness (QED) is 0.244. The van der Waals surface area contributed by atoms with Gasteiger partial charge in [-0.1, -0.05) is 24.3 Å². The largest absolute Gasteiger partial charge is 0.356 e. The number of benzene rings is 1. The van der Waals surface area contributed by atoms with Crippen molar-refractivity contribution >= 4 is 40.8 Å². The maximum atomic E-state index is 4.33. The van der Waals surface area contributed by atoms with Gasteiger partial charge in [0, 0.05) is 56.7 Å². The first-order valence-electron chi connectivity index (χ1n) is 8.75. The maximum Gasteiger partial charge on any atom is 0.190 e. The highest BCUT2D eigenvalue weighted by molar-refractivity contribution is 14.0. The van der Waals surface area contributed by atoms with Crippen molar-refractivity contribution in [3.63, 3.8) is 0 Å². The van der Waals surface area contributed by atoms with Crippen LogP contribution in [0.2, 0.25) is 0 Å². The van der Waals surface area contributed by atoms with Crippen LogP contribution in [0.1, 0.15) is 12.1 Å². The minimum atomic E-state index is 0. The minimum Gasteiger partial charge on any atom is -0.356 e. The molecule has 138 valence electrons. The molecule has 0 bridgehead atoms. The van der Waals surface area contributed by atoms with E-state index in [2.05, 4.69) is 61.7 Å². The Labute approximate surface area is 172 Å². The van der Waals surface area contributed by atoms with Gasteiger partial charge in [0.25, 0.3) is 0 Å². The number of hydrogen-bond acceptors (Lipinski definition) is 2. The van der Waals surface area contributed by atoms with E-state index in [9.17, 15) is 0 Å². The fourth-order valence-electron chi connectivity index (χ4n) is 2.87. The first kappa shape index (κ1) is 20.2. The lowest BCUT2D eigenvalue weighted by molar-refractivity contribution is 0.640. The normalized spacial score (nSPS) is 11.2. The molecule has 3 rings (SSSR count). The molecule has 0 saturated carbocycles. The van der Waals surface area contributed by atoms with Crippen LogP contribution < -0.4 is 10.6 Å². The third kappa shape index (κ3) is 5.72. The van der Waals surface area contributed by atoms with E-state index in [0.717, 1.165) is 44.1 Å². The van der Waals surface area contributed by atoms with Gasteiger partial charge in [0.2, 0.25) is 0 Å². The lowest BCUT2D eigenvalue weighted by Crippen LogP contribution is -2.39. The Morgan fingerprint density at radius 1 is 1.04 bits per heavy atom. The minimum absolute atomic E-state index is 0. The Hall–Kier alpha value is -2.09. The summed E-state index contributed by atoms with van der Waals surface area (Å²) in [6, 6.07) is 16.6. The summed E-state index contributed by atoms with van der Waals surface area (Å²) in [5.41, 5.74) is 2.38. The fraction of sp³-hybridized carbons (Fsp3) is 0.300. The number of para-hydroxylation sites is 1. The van der Waals surface area contributed by atoms with E-state index in [4.69, 9.17) is 0 Å². The maximum absolute atomic E-state index is 4.33. The van der Waals surface area contributed by atoms with Crippen molar-refractivity contribution in [2.24, 2.45) is 4.99 Å². The van der Waals surface area contributed by atoms with Crippen molar-refractivity contribution in [3.05, 3.63) is 66.6 Å². The van der Waals surface area contributed by atoms with Crippen LogP contribution in [0, 0.1) is 0 Å². The molecule has 26 heavy (non-hydrogen) atoms. The van der Waals surface area contributed by atoms with Gasteiger partial charge in [0.1, 0.15) is 0 Å². The van der Waals surface area contributed by atoms with E-state index in [1.54, 1.807) is 7.05 Å². The second-order valence-electron chi connectivity index (χ2n) is 5.92. The molecule has 3 aromatic rings. The van der Waals surface area contributed by atoms with Crippen LogP contribution in [-0.2, 0) is 13.0 Å². The number of aromatic nitrogens is 2. The molecular weight excluding hydrogens is 437 g/mol. The molecule has 2 aromatic heterocycles. The Bertz CT molecular complexity index is 813. The molecule has 0 fully saturated rings.